The van der Waals surface area contributed by atoms with Crippen molar-refractivity contribution >= 4 is 5.97 Å². The van der Waals surface area contributed by atoms with Gasteiger partial charge in [0.05, 0.1) is 5.41 Å². The van der Waals surface area contributed by atoms with Crippen LogP contribution in [0, 0.1) is 10.8 Å². The molecule has 0 saturated carbocycles. The number of likely N-dealkylation sites (N-methyl/N-ethyl adjacent to an activating group) is 1. The molecule has 0 aliphatic carbocycles. The van der Waals surface area contributed by atoms with Crippen LogP contribution in [0.4, 0.5) is 0 Å². The van der Waals surface area contributed by atoms with Crippen LogP contribution in [-0.2, 0) is 9.53 Å². The molecule has 0 radical (unpaired) electrons. The number of ether oxygens (including phenoxy) is 1. The summed E-state index contributed by atoms with van der Waals surface area (Å²) in [7, 11) is 1.88. The summed E-state index contributed by atoms with van der Waals surface area (Å²) in [6.45, 7) is 12.3. The Hall–Kier alpha value is -0.570. The number of rotatable bonds is 12. The van der Waals surface area contributed by atoms with Crippen molar-refractivity contribution in [3.63, 3.8) is 0 Å². The summed E-state index contributed by atoms with van der Waals surface area (Å²) in [5.74, 6) is 0.0228. The molecule has 0 unspecified atom stereocenters. The van der Waals surface area contributed by atoms with Crippen LogP contribution in [0.1, 0.15) is 79.6 Å². The normalized spacial score (nSPS) is 12.5. The van der Waals surface area contributed by atoms with Gasteiger partial charge in [-0.2, -0.15) is 0 Å². The Morgan fingerprint density at radius 2 is 1.57 bits per heavy atom. The summed E-state index contributed by atoms with van der Waals surface area (Å²) in [6.07, 6.45) is 7.12. The van der Waals surface area contributed by atoms with Crippen molar-refractivity contribution in [2.45, 2.75) is 79.6 Å². The Labute approximate surface area is 132 Å². The van der Waals surface area contributed by atoms with Gasteiger partial charge in [0.2, 0.25) is 0 Å². The third kappa shape index (κ3) is 6.37. The SMILES string of the molecule is CCCC(CCC)(CC(C)(CC)CC)C(=O)OCCNC. The van der Waals surface area contributed by atoms with Crippen molar-refractivity contribution < 1.29 is 9.53 Å². The molecule has 0 atom stereocenters. The summed E-state index contributed by atoms with van der Waals surface area (Å²) < 4.78 is 5.59. The van der Waals surface area contributed by atoms with Crippen LogP contribution in [0.3, 0.4) is 0 Å². The molecule has 1 N–H and O–H groups in total. The first-order chi connectivity index (χ1) is 9.93. The average molecular weight is 299 g/mol. The molecule has 0 bridgehead atoms. The third-order valence-corrected chi connectivity index (χ3v) is 4.95. The van der Waals surface area contributed by atoms with Gasteiger partial charge >= 0.3 is 5.97 Å². The maximum atomic E-state index is 12.8. The highest BCUT2D eigenvalue weighted by molar-refractivity contribution is 5.77. The quantitative estimate of drug-likeness (QED) is 0.424. The Kier molecular flexibility index (Phi) is 9.93. The molecule has 0 aromatic heterocycles. The molecule has 0 heterocycles. The van der Waals surface area contributed by atoms with Gasteiger partial charge in [-0.15, -0.1) is 0 Å². The van der Waals surface area contributed by atoms with Crippen LogP contribution in [0.5, 0.6) is 0 Å². The number of hydrogen-bond acceptors (Lipinski definition) is 3. The Morgan fingerprint density at radius 1 is 1.05 bits per heavy atom. The van der Waals surface area contributed by atoms with Crippen LogP contribution in [0.2, 0.25) is 0 Å². The number of carbonyl (C=O) groups excluding carboxylic acids is 1. The number of carbonyl (C=O) groups is 1. The molecule has 126 valence electrons. The highest BCUT2D eigenvalue weighted by atomic mass is 16.5. The molecule has 21 heavy (non-hydrogen) atoms. The standard InChI is InChI=1S/C18H37NO2/c1-7-11-18(12-8-2,15-17(5,9-3)10-4)16(20)21-14-13-19-6/h19H,7-15H2,1-6H3. The van der Waals surface area contributed by atoms with Gasteiger partial charge in [0.25, 0.3) is 0 Å². The predicted octanol–water partition coefficient (Wildman–Crippen LogP) is 4.55. The van der Waals surface area contributed by atoms with Crippen molar-refractivity contribution in [3.8, 4) is 0 Å². The first kappa shape index (κ1) is 20.4. The molecule has 3 nitrogen and oxygen atoms in total. The lowest BCUT2D eigenvalue weighted by atomic mass is 9.65. The molecular weight excluding hydrogens is 262 g/mol. The van der Waals surface area contributed by atoms with E-state index < -0.39 is 0 Å². The minimum Gasteiger partial charge on any atom is -0.464 e. The van der Waals surface area contributed by atoms with Crippen LogP contribution in [-0.4, -0.2) is 26.2 Å². The van der Waals surface area contributed by atoms with E-state index in [0.717, 1.165) is 51.5 Å². The molecule has 0 saturated heterocycles. The second kappa shape index (κ2) is 10.2. The van der Waals surface area contributed by atoms with E-state index in [1.807, 2.05) is 7.05 Å². The second-order valence-corrected chi connectivity index (χ2v) is 6.71. The summed E-state index contributed by atoms with van der Waals surface area (Å²) in [4.78, 5) is 12.8. The van der Waals surface area contributed by atoms with Gasteiger partial charge in [-0.25, -0.2) is 0 Å². The smallest absolute Gasteiger partial charge is 0.312 e. The van der Waals surface area contributed by atoms with E-state index in [1.54, 1.807) is 0 Å². The van der Waals surface area contributed by atoms with E-state index in [0.29, 0.717) is 6.61 Å². The van der Waals surface area contributed by atoms with Gasteiger partial charge in [0.15, 0.2) is 0 Å². The van der Waals surface area contributed by atoms with Gasteiger partial charge in [-0.05, 0) is 31.7 Å². The molecule has 0 aromatic carbocycles. The number of hydrogen-bond donors (Lipinski definition) is 1. The lowest BCUT2D eigenvalue weighted by Gasteiger charge is -2.39. The lowest BCUT2D eigenvalue weighted by Crippen LogP contribution is -2.39. The van der Waals surface area contributed by atoms with E-state index in [4.69, 9.17) is 4.74 Å². The molecule has 0 rings (SSSR count). The average Bonchev–Trinajstić information content (AvgIpc) is 2.47. The summed E-state index contributed by atoms with van der Waals surface area (Å²) >= 11 is 0. The molecule has 3 heteroatoms. The van der Waals surface area contributed by atoms with Crippen molar-refractivity contribution in [2.75, 3.05) is 20.2 Å². The van der Waals surface area contributed by atoms with Crippen LogP contribution >= 0.6 is 0 Å². The van der Waals surface area contributed by atoms with Gasteiger partial charge in [0, 0.05) is 6.54 Å². The zero-order valence-electron chi connectivity index (χ0n) is 15.2. The van der Waals surface area contributed by atoms with E-state index in [9.17, 15) is 4.79 Å². The minimum atomic E-state index is -0.294. The fraction of sp³-hybridized carbons (Fsp3) is 0.944. The topological polar surface area (TPSA) is 38.3 Å². The van der Waals surface area contributed by atoms with E-state index in [1.165, 1.54) is 0 Å². The molecule has 0 amide bonds. The van der Waals surface area contributed by atoms with Crippen LogP contribution in [0.15, 0.2) is 0 Å². The highest BCUT2D eigenvalue weighted by Crippen LogP contribution is 2.45. The Balaban J connectivity index is 5.17. The maximum absolute atomic E-state index is 12.8. The molecule has 0 aliphatic rings. The van der Waals surface area contributed by atoms with Gasteiger partial charge < -0.3 is 10.1 Å². The van der Waals surface area contributed by atoms with E-state index in [2.05, 4.69) is 39.9 Å². The fourth-order valence-electron chi connectivity index (χ4n) is 3.25. The van der Waals surface area contributed by atoms with Gasteiger partial charge in [0.1, 0.15) is 6.61 Å². The fourth-order valence-corrected chi connectivity index (χ4v) is 3.25. The van der Waals surface area contributed by atoms with Crippen molar-refractivity contribution in [3.05, 3.63) is 0 Å². The first-order valence-corrected chi connectivity index (χ1v) is 8.75. The summed E-state index contributed by atoms with van der Waals surface area (Å²) in [5.41, 5.74) is -0.0651. The van der Waals surface area contributed by atoms with E-state index in [-0.39, 0.29) is 16.8 Å². The molecule has 0 aromatic rings. The molecule has 0 fully saturated rings. The highest BCUT2D eigenvalue weighted by Gasteiger charge is 2.43. The second-order valence-electron chi connectivity index (χ2n) is 6.71. The molecular formula is C18H37NO2. The summed E-state index contributed by atoms with van der Waals surface area (Å²) in [5, 5.41) is 3.03. The van der Waals surface area contributed by atoms with Crippen molar-refractivity contribution in [1.29, 1.82) is 0 Å². The molecule has 0 spiro atoms. The van der Waals surface area contributed by atoms with Crippen LogP contribution in [0.25, 0.3) is 0 Å². The predicted molar refractivity (Wildman–Crippen MR) is 90.4 cm³/mol. The summed E-state index contributed by atoms with van der Waals surface area (Å²) in [6, 6.07) is 0. The van der Waals surface area contributed by atoms with Crippen molar-refractivity contribution in [2.24, 2.45) is 10.8 Å². The zero-order valence-corrected chi connectivity index (χ0v) is 15.2. The Bertz CT molecular complexity index is 279. The first-order valence-electron chi connectivity index (χ1n) is 8.75. The molecule has 0 aliphatic heterocycles. The number of nitrogens with one attached hydrogen (secondary N) is 1. The Morgan fingerprint density at radius 3 is 1.95 bits per heavy atom. The van der Waals surface area contributed by atoms with Gasteiger partial charge in [-0.1, -0.05) is 60.3 Å². The van der Waals surface area contributed by atoms with Crippen LogP contribution < -0.4 is 5.32 Å². The van der Waals surface area contributed by atoms with Gasteiger partial charge in [-0.3, -0.25) is 4.79 Å². The largest absolute Gasteiger partial charge is 0.464 e. The monoisotopic (exact) mass is 299 g/mol. The third-order valence-electron chi connectivity index (χ3n) is 4.95. The lowest BCUT2D eigenvalue weighted by molar-refractivity contribution is -0.159. The zero-order chi connectivity index (χ0) is 16.4. The maximum Gasteiger partial charge on any atom is 0.312 e. The van der Waals surface area contributed by atoms with E-state index >= 15 is 0 Å². The van der Waals surface area contributed by atoms with Crippen molar-refractivity contribution in [1.82, 2.24) is 5.32 Å². The minimum absolute atomic E-state index is 0.0228. The number of esters is 1.